The van der Waals surface area contributed by atoms with Crippen molar-refractivity contribution in [3.05, 3.63) is 60.2 Å². The number of hydrogen-bond acceptors (Lipinski definition) is 4. The van der Waals surface area contributed by atoms with Crippen LogP contribution in [0.1, 0.15) is 18.4 Å². The average Bonchev–Trinajstić information content (AvgIpc) is 2.67. The summed E-state index contributed by atoms with van der Waals surface area (Å²) in [6.07, 6.45) is 2.45. The van der Waals surface area contributed by atoms with Crippen molar-refractivity contribution in [2.75, 3.05) is 38.6 Å². The van der Waals surface area contributed by atoms with Crippen LogP contribution in [0.15, 0.2) is 54.6 Å². The molecule has 2 aromatic carbocycles. The first-order valence-corrected chi connectivity index (χ1v) is 9.21. The Balaban J connectivity index is 1.33. The van der Waals surface area contributed by atoms with Gasteiger partial charge in [0.1, 0.15) is 5.75 Å². The molecule has 0 aromatic heterocycles. The number of anilines is 1. The highest BCUT2D eigenvalue weighted by Crippen LogP contribution is 2.22. The summed E-state index contributed by atoms with van der Waals surface area (Å²) in [6, 6.07) is 19.5. The summed E-state index contributed by atoms with van der Waals surface area (Å²) in [5, 5.41) is 7.13. The van der Waals surface area contributed by atoms with E-state index in [-0.39, 0.29) is 0 Å². The fourth-order valence-corrected chi connectivity index (χ4v) is 3.40. The number of benzene rings is 2. The summed E-state index contributed by atoms with van der Waals surface area (Å²) in [5.74, 6) is 0.900. The van der Waals surface area contributed by atoms with Crippen molar-refractivity contribution in [2.24, 2.45) is 0 Å². The molecule has 0 spiro atoms. The van der Waals surface area contributed by atoms with Gasteiger partial charge in [0, 0.05) is 25.7 Å². The Morgan fingerprint density at radius 3 is 2.44 bits per heavy atom. The number of para-hydroxylation sites is 2. The second-order valence-electron chi connectivity index (χ2n) is 6.62. The van der Waals surface area contributed by atoms with Crippen LogP contribution < -0.4 is 15.4 Å². The molecular formula is C21H29N3O. The summed E-state index contributed by atoms with van der Waals surface area (Å²) in [6.45, 7) is 5.30. The molecule has 0 aliphatic carbocycles. The molecule has 0 amide bonds. The maximum absolute atomic E-state index is 5.36. The second kappa shape index (κ2) is 9.44. The maximum Gasteiger partial charge on any atom is 0.141 e. The Morgan fingerprint density at radius 2 is 1.68 bits per heavy atom. The summed E-state index contributed by atoms with van der Waals surface area (Å²) in [7, 11) is 1.71. The van der Waals surface area contributed by atoms with Crippen LogP contribution in [-0.2, 0) is 6.54 Å². The molecule has 2 N–H and O–H groups in total. The molecule has 0 radical (unpaired) electrons. The number of piperidine rings is 1. The Kier molecular flexibility index (Phi) is 6.71. The van der Waals surface area contributed by atoms with E-state index < -0.39 is 0 Å². The highest BCUT2D eigenvalue weighted by atomic mass is 16.5. The first-order chi connectivity index (χ1) is 12.3. The Morgan fingerprint density at radius 1 is 0.960 bits per heavy atom. The SMILES string of the molecule is COc1ccccc1NCCNC1CCN(Cc2ccccc2)CC1. The minimum atomic E-state index is 0.631. The molecule has 134 valence electrons. The Bertz CT molecular complexity index is 624. The van der Waals surface area contributed by atoms with Gasteiger partial charge in [0.2, 0.25) is 0 Å². The van der Waals surface area contributed by atoms with Gasteiger partial charge in [-0.3, -0.25) is 4.90 Å². The van der Waals surface area contributed by atoms with E-state index in [1.54, 1.807) is 7.11 Å². The van der Waals surface area contributed by atoms with Gasteiger partial charge in [0.15, 0.2) is 0 Å². The number of methoxy groups -OCH3 is 1. The summed E-state index contributed by atoms with van der Waals surface area (Å²) in [5.41, 5.74) is 2.47. The largest absolute Gasteiger partial charge is 0.495 e. The average molecular weight is 339 g/mol. The number of nitrogens with one attached hydrogen (secondary N) is 2. The van der Waals surface area contributed by atoms with Gasteiger partial charge in [-0.1, -0.05) is 42.5 Å². The van der Waals surface area contributed by atoms with E-state index in [0.717, 1.165) is 31.1 Å². The van der Waals surface area contributed by atoms with Gasteiger partial charge in [-0.15, -0.1) is 0 Å². The lowest BCUT2D eigenvalue weighted by atomic mass is 10.0. The van der Waals surface area contributed by atoms with Crippen LogP contribution in [0.25, 0.3) is 0 Å². The zero-order valence-electron chi connectivity index (χ0n) is 15.1. The van der Waals surface area contributed by atoms with Crippen LogP contribution in [-0.4, -0.2) is 44.2 Å². The molecule has 1 heterocycles. The minimum Gasteiger partial charge on any atom is -0.495 e. The van der Waals surface area contributed by atoms with Crippen LogP contribution in [0.2, 0.25) is 0 Å². The molecular weight excluding hydrogens is 310 g/mol. The van der Waals surface area contributed by atoms with Gasteiger partial charge in [0.25, 0.3) is 0 Å². The third-order valence-corrected chi connectivity index (χ3v) is 4.82. The normalized spacial score (nSPS) is 15.9. The predicted octanol–water partition coefficient (Wildman–Crippen LogP) is 3.36. The van der Waals surface area contributed by atoms with Crippen LogP contribution in [0.5, 0.6) is 5.75 Å². The van der Waals surface area contributed by atoms with Gasteiger partial charge in [-0.2, -0.15) is 0 Å². The monoisotopic (exact) mass is 339 g/mol. The molecule has 1 aliphatic rings. The van der Waals surface area contributed by atoms with E-state index in [0.29, 0.717) is 6.04 Å². The van der Waals surface area contributed by atoms with Crippen LogP contribution >= 0.6 is 0 Å². The third-order valence-electron chi connectivity index (χ3n) is 4.82. The van der Waals surface area contributed by atoms with E-state index in [1.165, 1.54) is 31.5 Å². The standard InChI is InChI=1S/C21H29N3O/c1-25-21-10-6-5-9-20(21)23-14-13-22-19-11-15-24(16-12-19)17-18-7-3-2-4-8-18/h2-10,19,22-23H,11-17H2,1H3. The highest BCUT2D eigenvalue weighted by molar-refractivity contribution is 5.56. The lowest BCUT2D eigenvalue weighted by Crippen LogP contribution is -2.43. The van der Waals surface area contributed by atoms with E-state index >= 15 is 0 Å². The fourth-order valence-electron chi connectivity index (χ4n) is 3.40. The van der Waals surface area contributed by atoms with Crippen molar-refractivity contribution in [2.45, 2.75) is 25.4 Å². The van der Waals surface area contributed by atoms with E-state index in [9.17, 15) is 0 Å². The molecule has 0 saturated carbocycles. The number of likely N-dealkylation sites (tertiary alicyclic amines) is 1. The van der Waals surface area contributed by atoms with Gasteiger partial charge in [0.05, 0.1) is 12.8 Å². The predicted molar refractivity (Wildman–Crippen MR) is 104 cm³/mol. The molecule has 25 heavy (non-hydrogen) atoms. The first-order valence-electron chi connectivity index (χ1n) is 9.21. The molecule has 0 atom stereocenters. The molecule has 1 fully saturated rings. The van der Waals surface area contributed by atoms with Crippen LogP contribution in [0, 0.1) is 0 Å². The molecule has 1 saturated heterocycles. The van der Waals surface area contributed by atoms with Gasteiger partial charge < -0.3 is 15.4 Å². The smallest absolute Gasteiger partial charge is 0.141 e. The van der Waals surface area contributed by atoms with Gasteiger partial charge >= 0.3 is 0 Å². The molecule has 2 aromatic rings. The maximum atomic E-state index is 5.36. The van der Waals surface area contributed by atoms with Gasteiger partial charge in [-0.25, -0.2) is 0 Å². The molecule has 1 aliphatic heterocycles. The zero-order chi connectivity index (χ0) is 17.3. The van der Waals surface area contributed by atoms with E-state index in [1.807, 2.05) is 18.2 Å². The van der Waals surface area contributed by atoms with E-state index in [4.69, 9.17) is 4.74 Å². The summed E-state index contributed by atoms with van der Waals surface area (Å²) >= 11 is 0. The van der Waals surface area contributed by atoms with Gasteiger partial charge in [-0.05, 0) is 43.6 Å². The number of rotatable bonds is 8. The topological polar surface area (TPSA) is 36.5 Å². The fraction of sp³-hybridized carbons (Fsp3) is 0.429. The molecule has 4 nitrogen and oxygen atoms in total. The number of hydrogen-bond donors (Lipinski definition) is 2. The Hall–Kier alpha value is -2.04. The lowest BCUT2D eigenvalue weighted by Gasteiger charge is -2.32. The molecule has 0 unspecified atom stereocenters. The van der Waals surface area contributed by atoms with Crippen molar-refractivity contribution < 1.29 is 4.74 Å². The van der Waals surface area contributed by atoms with Crippen molar-refractivity contribution in [1.29, 1.82) is 0 Å². The molecule has 4 heteroatoms. The van der Waals surface area contributed by atoms with Crippen molar-refractivity contribution in [3.63, 3.8) is 0 Å². The molecule has 3 rings (SSSR count). The zero-order valence-corrected chi connectivity index (χ0v) is 15.1. The van der Waals surface area contributed by atoms with Crippen LogP contribution in [0.3, 0.4) is 0 Å². The summed E-state index contributed by atoms with van der Waals surface area (Å²) in [4.78, 5) is 2.56. The lowest BCUT2D eigenvalue weighted by molar-refractivity contribution is 0.191. The quantitative estimate of drug-likeness (QED) is 0.723. The van der Waals surface area contributed by atoms with Crippen molar-refractivity contribution >= 4 is 5.69 Å². The highest BCUT2D eigenvalue weighted by Gasteiger charge is 2.18. The number of ether oxygens (including phenoxy) is 1. The number of nitrogens with zero attached hydrogens (tertiary/aromatic N) is 1. The van der Waals surface area contributed by atoms with E-state index in [2.05, 4.69) is 51.9 Å². The Labute approximate surface area is 151 Å². The minimum absolute atomic E-state index is 0.631. The van der Waals surface area contributed by atoms with Crippen molar-refractivity contribution in [3.8, 4) is 5.75 Å². The first kappa shape index (κ1) is 17.8. The summed E-state index contributed by atoms with van der Waals surface area (Å²) < 4.78 is 5.36. The second-order valence-corrected chi connectivity index (χ2v) is 6.62. The molecule has 0 bridgehead atoms. The van der Waals surface area contributed by atoms with Crippen LogP contribution in [0.4, 0.5) is 5.69 Å². The van der Waals surface area contributed by atoms with Crippen molar-refractivity contribution in [1.82, 2.24) is 10.2 Å². The third kappa shape index (κ3) is 5.48.